The minimum atomic E-state index is -2.00. The van der Waals surface area contributed by atoms with Crippen LogP contribution < -0.4 is 65.1 Å². The molecule has 0 saturated carbocycles. The highest BCUT2D eigenvalue weighted by atomic mass is 16.4. The number of aliphatic carboxylic acids is 5. The Labute approximate surface area is 463 Å². The number of hydrogen-bond donors (Lipinski definition) is 20. The fourth-order valence-electron chi connectivity index (χ4n) is 7.04. The molecule has 0 unspecified atom stereocenters. The Morgan fingerprint density at radius 2 is 0.679 bits per heavy atom. The molecule has 0 aromatic rings. The normalized spacial score (nSPS) is 14.7. The monoisotopic (exact) mass is 1160 g/mol. The van der Waals surface area contributed by atoms with Crippen LogP contribution in [-0.4, -0.2) is 217 Å². The minimum absolute atomic E-state index is 0.00719. The number of hydrogen-bond acceptors (Lipinski definition) is 19. The van der Waals surface area contributed by atoms with Gasteiger partial charge in [-0.1, -0.05) is 27.7 Å². The summed E-state index contributed by atoms with van der Waals surface area (Å²) < 4.78 is 0. The zero-order chi connectivity index (χ0) is 62.3. The number of nitrogens with two attached hydrogens (primary N) is 3. The van der Waals surface area contributed by atoms with Gasteiger partial charge >= 0.3 is 29.8 Å². The van der Waals surface area contributed by atoms with Gasteiger partial charge in [0.1, 0.15) is 54.4 Å². The van der Waals surface area contributed by atoms with Gasteiger partial charge in [-0.05, 0) is 56.8 Å². The van der Waals surface area contributed by atoms with Crippen molar-refractivity contribution in [2.24, 2.45) is 34.0 Å². The third kappa shape index (κ3) is 29.5. The SMILES string of the molecule is CC(C)C[C@H](NC(=O)[C@H](CO)NC(=O)[C@@H](NC(=O)[C@H](CO)NC(=O)[C@H](CCC(=O)O)NC(=O)[C@H](CCC(=O)O)NC(=O)[C@H](CCC(=O)O)NC(=O)[C@H](CO)NC(=O)[C@H](CCC(=O)O)NC(=O)[C@@H](N)CCCN=C(N)N)C(C)C)C(=O)O. The van der Waals surface area contributed by atoms with Gasteiger partial charge in [0, 0.05) is 32.2 Å². The Bertz CT molecular complexity index is 2250. The average molecular weight is 1160 g/mol. The van der Waals surface area contributed by atoms with Gasteiger partial charge in [-0.25, -0.2) is 4.79 Å². The molecule has 0 aromatic carbocycles. The standard InChI is InChI=1S/C46H77N13O22/c1-20(2)16-27(45(80)81)55-42(77)29(18-61)58-44(79)35(21(3)4)59-43(78)30(19-62)57-40(75)26(10-14-34(69)70)53-37(72)24(8-12-32(65)66)52-38(73)25(9-13-33(67)68)54-41(76)28(17-60)56-39(74)23(7-11-31(63)64)51-36(71)22(47)6-5-15-50-46(48)49/h20-30,35,60-62H,5-19,47H2,1-4H3,(H,51,71)(H,52,73)(H,53,72)(H,54,76)(H,55,77)(H,56,74)(H,57,75)(H,58,79)(H,59,78)(H,63,64)(H,65,66)(H,67,68)(H,69,70)(H,80,81)(H4,48,49,50)/t22-,23-,24-,25-,26-,27-,28-,29-,30-,35-/m0/s1. The molecule has 458 valence electrons. The van der Waals surface area contributed by atoms with Gasteiger partial charge in [-0.15, -0.1) is 0 Å². The molecule has 35 heteroatoms. The van der Waals surface area contributed by atoms with E-state index in [4.69, 9.17) is 17.2 Å². The summed E-state index contributed by atoms with van der Waals surface area (Å²) in [5, 5.41) is 96.6. The summed E-state index contributed by atoms with van der Waals surface area (Å²) in [6, 6.07) is -17.5. The first-order valence-corrected chi connectivity index (χ1v) is 25.2. The van der Waals surface area contributed by atoms with E-state index < -0.39 is 221 Å². The minimum Gasteiger partial charge on any atom is -0.481 e. The number of aliphatic hydroxyl groups excluding tert-OH is 3. The van der Waals surface area contributed by atoms with Crippen LogP contribution in [0.5, 0.6) is 0 Å². The Morgan fingerprint density at radius 1 is 0.395 bits per heavy atom. The molecule has 0 radical (unpaired) electrons. The lowest BCUT2D eigenvalue weighted by Crippen LogP contribution is -2.62. The van der Waals surface area contributed by atoms with Crippen LogP contribution in [0.25, 0.3) is 0 Å². The predicted molar refractivity (Wildman–Crippen MR) is 276 cm³/mol. The van der Waals surface area contributed by atoms with E-state index in [0.29, 0.717) is 0 Å². The molecule has 0 spiro atoms. The first-order chi connectivity index (χ1) is 37.8. The molecule has 0 heterocycles. The van der Waals surface area contributed by atoms with Crippen molar-refractivity contribution in [3.8, 4) is 0 Å². The molecule has 0 fully saturated rings. The number of carbonyl (C=O) groups is 14. The van der Waals surface area contributed by atoms with Crippen molar-refractivity contribution in [1.29, 1.82) is 0 Å². The zero-order valence-electron chi connectivity index (χ0n) is 45.0. The van der Waals surface area contributed by atoms with E-state index in [1.54, 1.807) is 13.8 Å². The van der Waals surface area contributed by atoms with Gasteiger partial charge in [0.25, 0.3) is 0 Å². The maximum atomic E-state index is 13.8. The van der Waals surface area contributed by atoms with E-state index in [9.17, 15) is 108 Å². The number of aliphatic hydroxyl groups is 3. The van der Waals surface area contributed by atoms with Crippen molar-refractivity contribution in [3.05, 3.63) is 0 Å². The topological polar surface area (TPSA) is 600 Å². The molecule has 0 aliphatic carbocycles. The lowest BCUT2D eigenvalue weighted by atomic mass is 10.0. The molecule has 0 rings (SSSR count). The quantitative estimate of drug-likeness (QED) is 0.0154. The molecule has 0 aromatic heterocycles. The third-order valence-corrected chi connectivity index (χ3v) is 11.4. The number of aliphatic imine (C=N–C) groups is 1. The second kappa shape index (κ2) is 37.5. The van der Waals surface area contributed by atoms with Crippen LogP contribution in [0.1, 0.15) is 98.3 Å². The Balaban J connectivity index is 6.60. The van der Waals surface area contributed by atoms with E-state index in [1.165, 1.54) is 13.8 Å². The molecule has 0 aliphatic heterocycles. The first-order valence-electron chi connectivity index (χ1n) is 25.2. The number of guanidine groups is 1. The fraction of sp³-hybridized carbons (Fsp3) is 0.674. The average Bonchev–Trinajstić information content (AvgIpc) is 3.37. The number of carbonyl (C=O) groups excluding carboxylic acids is 9. The molecule has 0 bridgehead atoms. The largest absolute Gasteiger partial charge is 0.481 e. The molecule has 81 heavy (non-hydrogen) atoms. The van der Waals surface area contributed by atoms with E-state index in [0.717, 1.165) is 0 Å². The number of amides is 9. The van der Waals surface area contributed by atoms with E-state index >= 15 is 0 Å². The Hall–Kier alpha value is -8.31. The molecule has 10 atom stereocenters. The first kappa shape index (κ1) is 72.7. The highest BCUT2D eigenvalue weighted by molar-refractivity contribution is 5.99. The number of carboxylic acid groups (broad SMARTS) is 5. The van der Waals surface area contributed by atoms with Gasteiger partial charge in [0.15, 0.2) is 5.96 Å². The van der Waals surface area contributed by atoms with Crippen molar-refractivity contribution in [3.63, 3.8) is 0 Å². The number of nitrogens with one attached hydrogen (secondary N) is 9. The smallest absolute Gasteiger partial charge is 0.326 e. The van der Waals surface area contributed by atoms with Crippen LogP contribution in [-0.2, 0) is 67.1 Å². The molecule has 0 aliphatic rings. The van der Waals surface area contributed by atoms with E-state index in [1.807, 2.05) is 0 Å². The number of carboxylic acids is 5. The summed E-state index contributed by atoms with van der Waals surface area (Å²) in [7, 11) is 0. The fourth-order valence-corrected chi connectivity index (χ4v) is 7.04. The van der Waals surface area contributed by atoms with E-state index in [-0.39, 0.29) is 37.7 Å². The van der Waals surface area contributed by atoms with Gasteiger partial charge in [-0.2, -0.15) is 0 Å². The zero-order valence-corrected chi connectivity index (χ0v) is 45.0. The lowest BCUT2D eigenvalue weighted by Gasteiger charge is -2.28. The molecule has 9 amide bonds. The second-order valence-electron chi connectivity index (χ2n) is 19.0. The number of rotatable bonds is 41. The van der Waals surface area contributed by atoms with Crippen LogP contribution >= 0.6 is 0 Å². The van der Waals surface area contributed by atoms with Crippen molar-refractivity contribution in [2.45, 2.75) is 159 Å². The molecule has 35 nitrogen and oxygen atoms in total. The summed E-state index contributed by atoms with van der Waals surface area (Å²) >= 11 is 0. The summed E-state index contributed by atoms with van der Waals surface area (Å²) in [5.74, 6) is -19.8. The summed E-state index contributed by atoms with van der Waals surface area (Å²) in [6.45, 7) is 2.84. The van der Waals surface area contributed by atoms with Crippen LogP contribution in [0, 0.1) is 11.8 Å². The van der Waals surface area contributed by atoms with Crippen LogP contribution in [0.15, 0.2) is 4.99 Å². The van der Waals surface area contributed by atoms with Crippen LogP contribution in [0.2, 0.25) is 0 Å². The Morgan fingerprint density at radius 3 is 0.963 bits per heavy atom. The maximum Gasteiger partial charge on any atom is 0.326 e. The molecule has 0 saturated heterocycles. The molecular weight excluding hydrogens is 1090 g/mol. The predicted octanol–water partition coefficient (Wildman–Crippen LogP) is -8.05. The lowest BCUT2D eigenvalue weighted by molar-refractivity contribution is -0.143. The summed E-state index contributed by atoms with van der Waals surface area (Å²) in [5.41, 5.74) is 16.4. The van der Waals surface area contributed by atoms with Crippen molar-refractivity contribution >= 4 is 89.0 Å². The molecular formula is C46H77N13O22. The van der Waals surface area contributed by atoms with E-state index in [2.05, 4.69) is 52.8 Å². The third-order valence-electron chi connectivity index (χ3n) is 11.4. The summed E-state index contributed by atoms with van der Waals surface area (Å²) in [6.07, 6.45) is -6.05. The highest BCUT2D eigenvalue weighted by Crippen LogP contribution is 2.10. The molecule has 23 N–H and O–H groups in total. The van der Waals surface area contributed by atoms with Crippen molar-refractivity contribution in [1.82, 2.24) is 47.9 Å². The van der Waals surface area contributed by atoms with Crippen molar-refractivity contribution < 1.29 is 108 Å². The van der Waals surface area contributed by atoms with Crippen LogP contribution in [0.4, 0.5) is 0 Å². The van der Waals surface area contributed by atoms with Crippen LogP contribution in [0.3, 0.4) is 0 Å². The Kier molecular flexibility index (Phi) is 33.7. The second-order valence-corrected chi connectivity index (χ2v) is 19.0. The highest BCUT2D eigenvalue weighted by Gasteiger charge is 2.36. The van der Waals surface area contributed by atoms with Gasteiger partial charge in [0.05, 0.1) is 25.9 Å². The van der Waals surface area contributed by atoms with Gasteiger partial charge < -0.3 is 106 Å². The maximum absolute atomic E-state index is 13.8. The van der Waals surface area contributed by atoms with Gasteiger partial charge in [0.2, 0.25) is 53.2 Å². The number of nitrogens with zero attached hydrogens (tertiary/aromatic N) is 1. The summed E-state index contributed by atoms with van der Waals surface area (Å²) in [4.78, 5) is 183. The van der Waals surface area contributed by atoms with Crippen molar-refractivity contribution in [2.75, 3.05) is 26.4 Å². The van der Waals surface area contributed by atoms with Gasteiger partial charge in [-0.3, -0.25) is 67.3 Å².